The second-order valence-corrected chi connectivity index (χ2v) is 3.85. The number of methoxy groups -OCH3 is 1. The van der Waals surface area contributed by atoms with Gasteiger partial charge in [0, 0.05) is 11.6 Å². The molecule has 0 saturated carbocycles. The van der Waals surface area contributed by atoms with Gasteiger partial charge >= 0.3 is 5.97 Å². The average molecular weight is 242 g/mol. The minimum atomic E-state index is -0.368. The van der Waals surface area contributed by atoms with E-state index in [0.717, 1.165) is 11.8 Å². The van der Waals surface area contributed by atoms with Gasteiger partial charge in [-0.15, -0.1) is 6.58 Å². The van der Waals surface area contributed by atoms with Crippen molar-refractivity contribution in [3.8, 4) is 0 Å². The molecular weight excluding hydrogens is 228 g/mol. The van der Waals surface area contributed by atoms with Crippen LogP contribution in [0.15, 0.2) is 37.1 Å². The fraction of sp³-hybridized carbons (Fsp3) is 0.214. The summed E-state index contributed by atoms with van der Waals surface area (Å²) >= 11 is 0. The van der Waals surface area contributed by atoms with Crippen LogP contribution in [0.3, 0.4) is 0 Å². The second-order valence-electron chi connectivity index (χ2n) is 3.85. The van der Waals surface area contributed by atoms with Crippen LogP contribution in [0.4, 0.5) is 0 Å². The fourth-order valence-electron chi connectivity index (χ4n) is 1.76. The number of nitrogens with zero attached hydrogens (tertiary/aromatic N) is 2. The summed E-state index contributed by atoms with van der Waals surface area (Å²) in [6.45, 7) is 3.67. The van der Waals surface area contributed by atoms with Crippen molar-refractivity contribution in [2.24, 2.45) is 0 Å². The van der Waals surface area contributed by atoms with Crippen molar-refractivity contribution >= 4 is 17.0 Å². The number of hydrogen-bond acceptors (Lipinski definition) is 4. The lowest BCUT2D eigenvalue weighted by Crippen LogP contribution is -2.08. The van der Waals surface area contributed by atoms with Crippen LogP contribution in [-0.4, -0.2) is 23.0 Å². The van der Waals surface area contributed by atoms with Crippen LogP contribution in [0, 0.1) is 0 Å². The molecule has 0 aromatic carbocycles. The molecule has 2 aromatic rings. The third-order valence-corrected chi connectivity index (χ3v) is 2.66. The molecule has 2 aromatic heterocycles. The zero-order valence-corrected chi connectivity index (χ0v) is 10.2. The Labute approximate surface area is 105 Å². The molecule has 2 heterocycles. The van der Waals surface area contributed by atoms with Crippen LogP contribution in [0.5, 0.6) is 0 Å². The zero-order chi connectivity index (χ0) is 13.0. The molecule has 0 unspecified atom stereocenters. The molecule has 4 heteroatoms. The maximum Gasteiger partial charge on any atom is 0.339 e. The van der Waals surface area contributed by atoms with Crippen LogP contribution in [0.1, 0.15) is 22.5 Å². The van der Waals surface area contributed by atoms with Crippen molar-refractivity contribution < 1.29 is 9.53 Å². The first kappa shape index (κ1) is 12.2. The van der Waals surface area contributed by atoms with Gasteiger partial charge in [0.1, 0.15) is 0 Å². The van der Waals surface area contributed by atoms with Gasteiger partial charge < -0.3 is 4.74 Å². The van der Waals surface area contributed by atoms with E-state index in [0.29, 0.717) is 23.3 Å². The Hall–Kier alpha value is -2.23. The van der Waals surface area contributed by atoms with Gasteiger partial charge in [0.25, 0.3) is 0 Å². The Morgan fingerprint density at radius 3 is 3.11 bits per heavy atom. The summed E-state index contributed by atoms with van der Waals surface area (Å²) < 4.78 is 4.78. The molecule has 4 nitrogen and oxygen atoms in total. The van der Waals surface area contributed by atoms with Gasteiger partial charge in [0.15, 0.2) is 5.65 Å². The van der Waals surface area contributed by atoms with Crippen molar-refractivity contribution in [2.45, 2.75) is 12.8 Å². The molecule has 92 valence electrons. The standard InChI is InChI=1S/C14H14N2O2/c1-3-4-7-12-11(14(17)18-2)9-10-6-5-8-15-13(10)16-12/h3,5-6,8-9H,1,4,7H2,2H3. The first-order valence-electron chi connectivity index (χ1n) is 5.70. The summed E-state index contributed by atoms with van der Waals surface area (Å²) in [5, 5.41) is 0.834. The highest BCUT2D eigenvalue weighted by atomic mass is 16.5. The number of esters is 1. The van der Waals surface area contributed by atoms with Crippen LogP contribution in [-0.2, 0) is 11.2 Å². The number of carbonyl (C=O) groups excluding carboxylic acids is 1. The molecule has 0 fully saturated rings. The Morgan fingerprint density at radius 1 is 1.56 bits per heavy atom. The lowest BCUT2D eigenvalue weighted by atomic mass is 10.1. The van der Waals surface area contributed by atoms with Crippen molar-refractivity contribution in [1.29, 1.82) is 0 Å². The van der Waals surface area contributed by atoms with E-state index in [1.807, 2.05) is 12.1 Å². The molecule has 0 atom stereocenters. The normalized spacial score (nSPS) is 10.3. The number of ether oxygens (including phenoxy) is 1. The molecule has 0 aliphatic carbocycles. The quantitative estimate of drug-likeness (QED) is 0.610. The Kier molecular flexibility index (Phi) is 3.67. The smallest absolute Gasteiger partial charge is 0.339 e. The largest absolute Gasteiger partial charge is 0.465 e. The highest BCUT2D eigenvalue weighted by Crippen LogP contribution is 2.17. The van der Waals surface area contributed by atoms with Crippen molar-refractivity contribution in [3.63, 3.8) is 0 Å². The highest BCUT2D eigenvalue weighted by Gasteiger charge is 2.14. The third kappa shape index (κ3) is 2.37. The molecule has 0 radical (unpaired) electrons. The van der Waals surface area contributed by atoms with Crippen LogP contribution < -0.4 is 0 Å². The lowest BCUT2D eigenvalue weighted by Gasteiger charge is -2.07. The summed E-state index contributed by atoms with van der Waals surface area (Å²) in [5.74, 6) is -0.368. The summed E-state index contributed by atoms with van der Waals surface area (Å²) in [6.07, 6.45) is 4.89. The Balaban J connectivity index is 2.55. The van der Waals surface area contributed by atoms with Gasteiger partial charge in [0.2, 0.25) is 0 Å². The molecule has 0 aliphatic heterocycles. The molecule has 0 aliphatic rings. The molecule has 18 heavy (non-hydrogen) atoms. The van der Waals surface area contributed by atoms with E-state index in [1.54, 1.807) is 18.3 Å². The predicted molar refractivity (Wildman–Crippen MR) is 69.4 cm³/mol. The first-order valence-corrected chi connectivity index (χ1v) is 5.70. The number of hydrogen-bond donors (Lipinski definition) is 0. The maximum atomic E-state index is 11.7. The van der Waals surface area contributed by atoms with Crippen LogP contribution in [0.25, 0.3) is 11.0 Å². The van der Waals surface area contributed by atoms with Crippen LogP contribution >= 0.6 is 0 Å². The summed E-state index contributed by atoms with van der Waals surface area (Å²) in [4.78, 5) is 20.3. The van der Waals surface area contributed by atoms with E-state index in [4.69, 9.17) is 4.74 Å². The number of carbonyl (C=O) groups is 1. The van der Waals surface area contributed by atoms with E-state index in [1.165, 1.54) is 7.11 Å². The Morgan fingerprint density at radius 2 is 2.39 bits per heavy atom. The molecule has 0 amide bonds. The minimum absolute atomic E-state index is 0.368. The molecular formula is C14H14N2O2. The lowest BCUT2D eigenvalue weighted by molar-refractivity contribution is 0.0599. The fourth-order valence-corrected chi connectivity index (χ4v) is 1.76. The van der Waals surface area contributed by atoms with Gasteiger partial charge in [-0.2, -0.15) is 0 Å². The second kappa shape index (κ2) is 5.40. The monoisotopic (exact) mass is 242 g/mol. The predicted octanol–water partition coefficient (Wildman–Crippen LogP) is 2.54. The van der Waals surface area contributed by atoms with Crippen molar-refractivity contribution in [3.05, 3.63) is 48.3 Å². The summed E-state index contributed by atoms with van der Waals surface area (Å²) in [7, 11) is 1.37. The summed E-state index contributed by atoms with van der Waals surface area (Å²) in [6, 6.07) is 5.47. The minimum Gasteiger partial charge on any atom is -0.465 e. The number of pyridine rings is 2. The average Bonchev–Trinajstić information content (AvgIpc) is 2.43. The topological polar surface area (TPSA) is 52.1 Å². The number of fused-ring (bicyclic) bond motifs is 1. The number of aromatic nitrogens is 2. The number of aryl methyl sites for hydroxylation is 1. The van der Waals surface area contributed by atoms with E-state index in [9.17, 15) is 4.79 Å². The molecule has 0 N–H and O–H groups in total. The molecule has 2 rings (SSSR count). The third-order valence-electron chi connectivity index (χ3n) is 2.66. The first-order chi connectivity index (χ1) is 8.76. The Bertz CT molecular complexity index is 593. The summed E-state index contributed by atoms with van der Waals surface area (Å²) in [5.41, 5.74) is 1.84. The molecule has 0 bridgehead atoms. The number of rotatable bonds is 4. The van der Waals surface area contributed by atoms with E-state index >= 15 is 0 Å². The van der Waals surface area contributed by atoms with Gasteiger partial charge in [0.05, 0.1) is 18.4 Å². The number of allylic oxidation sites excluding steroid dienone is 1. The van der Waals surface area contributed by atoms with Crippen LogP contribution in [0.2, 0.25) is 0 Å². The zero-order valence-electron chi connectivity index (χ0n) is 10.2. The van der Waals surface area contributed by atoms with Gasteiger partial charge in [-0.05, 0) is 31.0 Å². The molecule has 0 spiro atoms. The van der Waals surface area contributed by atoms with E-state index < -0.39 is 0 Å². The van der Waals surface area contributed by atoms with Crippen molar-refractivity contribution in [1.82, 2.24) is 9.97 Å². The van der Waals surface area contributed by atoms with E-state index in [2.05, 4.69) is 16.5 Å². The van der Waals surface area contributed by atoms with Gasteiger partial charge in [-0.1, -0.05) is 6.08 Å². The SMILES string of the molecule is C=CCCc1nc2ncccc2cc1C(=O)OC. The highest BCUT2D eigenvalue weighted by molar-refractivity contribution is 5.94. The van der Waals surface area contributed by atoms with Crippen molar-refractivity contribution in [2.75, 3.05) is 7.11 Å². The van der Waals surface area contributed by atoms with Gasteiger partial charge in [-0.3, -0.25) is 0 Å². The van der Waals surface area contributed by atoms with Gasteiger partial charge in [-0.25, -0.2) is 14.8 Å². The maximum absolute atomic E-state index is 11.7. The van der Waals surface area contributed by atoms with E-state index in [-0.39, 0.29) is 5.97 Å². The molecule has 0 saturated heterocycles.